The van der Waals surface area contributed by atoms with Crippen LogP contribution in [0.3, 0.4) is 0 Å². The summed E-state index contributed by atoms with van der Waals surface area (Å²) in [6.07, 6.45) is 5.57. The Morgan fingerprint density at radius 2 is 1.63 bits per heavy atom. The van der Waals surface area contributed by atoms with E-state index in [4.69, 9.17) is 4.98 Å². The maximum Gasteiger partial charge on any atom is 0.259 e. The SMILES string of the molecule is CC1(C)Cn2c(nc(-c3ccncc3)c(CC(=O)c3ccc4c(c3)C(C)(C)CCC4(C)C)c2=O)N1. The van der Waals surface area contributed by atoms with Gasteiger partial charge >= 0.3 is 0 Å². The van der Waals surface area contributed by atoms with Gasteiger partial charge in [0, 0.05) is 29.9 Å². The monoisotopic (exact) mass is 470 g/mol. The lowest BCUT2D eigenvalue weighted by molar-refractivity contribution is 0.0992. The topological polar surface area (TPSA) is 76.9 Å². The molecule has 6 nitrogen and oxygen atoms in total. The van der Waals surface area contributed by atoms with Gasteiger partial charge in [0.25, 0.3) is 5.56 Å². The minimum Gasteiger partial charge on any atom is -0.349 e. The molecule has 0 bridgehead atoms. The van der Waals surface area contributed by atoms with Crippen LogP contribution in [0.5, 0.6) is 0 Å². The third kappa shape index (κ3) is 4.09. The number of carbonyl (C=O) groups excluding carboxylic acids is 1. The van der Waals surface area contributed by atoms with Crippen LogP contribution in [0.15, 0.2) is 47.5 Å². The molecule has 1 aromatic carbocycles. The Kier molecular flexibility index (Phi) is 5.28. The number of Topliss-reactive ketones (excluding diaryl/α,β-unsaturated/α-hetero) is 1. The molecule has 0 amide bonds. The van der Waals surface area contributed by atoms with Gasteiger partial charge in [0.1, 0.15) is 0 Å². The number of aromatic nitrogens is 3. The predicted molar refractivity (Wildman–Crippen MR) is 139 cm³/mol. The lowest BCUT2D eigenvalue weighted by atomic mass is 9.63. The van der Waals surface area contributed by atoms with E-state index in [9.17, 15) is 9.59 Å². The maximum absolute atomic E-state index is 13.6. The number of ketones is 1. The van der Waals surface area contributed by atoms with Crippen molar-refractivity contribution in [2.75, 3.05) is 5.32 Å². The Labute approximate surface area is 206 Å². The predicted octanol–water partition coefficient (Wildman–Crippen LogP) is 5.28. The Bertz CT molecular complexity index is 1380. The van der Waals surface area contributed by atoms with Crippen LogP contribution in [-0.2, 0) is 23.8 Å². The highest BCUT2D eigenvalue weighted by molar-refractivity contribution is 5.98. The zero-order valence-corrected chi connectivity index (χ0v) is 21.5. The average Bonchev–Trinajstić information content (AvgIpc) is 3.13. The van der Waals surface area contributed by atoms with Gasteiger partial charge in [0.15, 0.2) is 5.78 Å². The number of nitrogens with zero attached hydrogens (tertiary/aromatic N) is 3. The molecule has 1 N–H and O–H groups in total. The second-order valence-corrected chi connectivity index (χ2v) is 12.0. The number of rotatable bonds is 4. The second-order valence-electron chi connectivity index (χ2n) is 12.0. The van der Waals surface area contributed by atoms with Gasteiger partial charge in [0.05, 0.1) is 23.3 Å². The summed E-state index contributed by atoms with van der Waals surface area (Å²) in [4.78, 5) is 36.2. The highest BCUT2D eigenvalue weighted by atomic mass is 16.1. The van der Waals surface area contributed by atoms with Gasteiger partial charge in [-0.25, -0.2) is 4.98 Å². The van der Waals surface area contributed by atoms with Gasteiger partial charge in [-0.15, -0.1) is 0 Å². The van der Waals surface area contributed by atoms with E-state index in [0.29, 0.717) is 29.3 Å². The van der Waals surface area contributed by atoms with Crippen molar-refractivity contribution in [3.05, 3.63) is 75.3 Å². The molecule has 1 aliphatic heterocycles. The van der Waals surface area contributed by atoms with Crippen molar-refractivity contribution in [2.24, 2.45) is 0 Å². The van der Waals surface area contributed by atoms with E-state index in [2.05, 4.69) is 50.1 Å². The molecule has 6 heteroatoms. The van der Waals surface area contributed by atoms with Crippen LogP contribution in [0.1, 0.15) is 81.4 Å². The van der Waals surface area contributed by atoms with Gasteiger partial charge in [-0.05, 0) is 66.8 Å². The molecule has 3 aromatic rings. The van der Waals surface area contributed by atoms with E-state index >= 15 is 0 Å². The number of carbonyl (C=O) groups is 1. The van der Waals surface area contributed by atoms with Crippen molar-refractivity contribution in [3.63, 3.8) is 0 Å². The Morgan fingerprint density at radius 1 is 0.971 bits per heavy atom. The molecule has 35 heavy (non-hydrogen) atoms. The summed E-state index contributed by atoms with van der Waals surface area (Å²) in [5.41, 5.74) is 4.62. The van der Waals surface area contributed by atoms with Crippen LogP contribution < -0.4 is 10.9 Å². The number of fused-ring (bicyclic) bond motifs is 2. The number of hydrogen-bond acceptors (Lipinski definition) is 5. The van der Waals surface area contributed by atoms with E-state index in [0.717, 1.165) is 18.4 Å². The Hall–Kier alpha value is -3.28. The van der Waals surface area contributed by atoms with Crippen LogP contribution in [0.25, 0.3) is 11.3 Å². The number of nitrogens with one attached hydrogen (secondary N) is 1. The van der Waals surface area contributed by atoms with E-state index < -0.39 is 0 Å². The van der Waals surface area contributed by atoms with Gasteiger partial charge in [-0.2, -0.15) is 0 Å². The normalized spacial score (nSPS) is 18.9. The van der Waals surface area contributed by atoms with Crippen LogP contribution >= 0.6 is 0 Å². The van der Waals surface area contributed by atoms with Crippen LogP contribution in [0.2, 0.25) is 0 Å². The highest BCUT2D eigenvalue weighted by Crippen LogP contribution is 2.46. The molecule has 0 unspecified atom stereocenters. The van der Waals surface area contributed by atoms with Crippen molar-refractivity contribution < 1.29 is 4.79 Å². The highest BCUT2D eigenvalue weighted by Gasteiger charge is 2.37. The standard InChI is InChI=1S/C29H34N4O2/c1-27(2)11-12-28(3,4)22-15-19(7-8-21(22)27)23(34)16-20-24(18-9-13-30-14-10-18)31-26-32-29(5,6)17-33(26)25(20)35/h7-10,13-15H,11-12,16-17H2,1-6H3,(H,31,32). The molecular weight excluding hydrogens is 436 g/mol. The first-order chi connectivity index (χ1) is 16.4. The molecule has 0 saturated heterocycles. The van der Waals surface area contributed by atoms with Crippen molar-refractivity contribution >= 4 is 11.7 Å². The molecular formula is C29H34N4O2. The van der Waals surface area contributed by atoms with E-state index in [1.165, 1.54) is 11.1 Å². The van der Waals surface area contributed by atoms with Crippen LogP contribution in [0.4, 0.5) is 5.95 Å². The molecule has 1 aliphatic carbocycles. The zero-order valence-electron chi connectivity index (χ0n) is 21.5. The number of benzene rings is 1. The number of hydrogen-bond donors (Lipinski definition) is 1. The van der Waals surface area contributed by atoms with Crippen molar-refractivity contribution in [1.29, 1.82) is 0 Å². The summed E-state index contributed by atoms with van der Waals surface area (Å²) in [5.74, 6) is 0.479. The Balaban J connectivity index is 1.58. The number of anilines is 1. The maximum atomic E-state index is 13.6. The van der Waals surface area contributed by atoms with Gasteiger partial charge in [0.2, 0.25) is 5.95 Å². The fourth-order valence-electron chi connectivity index (χ4n) is 5.51. The molecule has 0 saturated carbocycles. The first-order valence-electron chi connectivity index (χ1n) is 12.4. The molecule has 3 heterocycles. The molecule has 2 aromatic heterocycles. The molecule has 0 fully saturated rings. The molecule has 2 aliphatic rings. The van der Waals surface area contributed by atoms with Crippen molar-refractivity contribution in [3.8, 4) is 11.3 Å². The molecule has 0 atom stereocenters. The summed E-state index contributed by atoms with van der Waals surface area (Å²) >= 11 is 0. The van der Waals surface area contributed by atoms with Gasteiger partial charge in [-0.1, -0.05) is 39.8 Å². The van der Waals surface area contributed by atoms with E-state index in [1.807, 2.05) is 32.0 Å². The van der Waals surface area contributed by atoms with Crippen LogP contribution in [0, 0.1) is 0 Å². The third-order valence-electron chi connectivity index (χ3n) is 7.73. The smallest absolute Gasteiger partial charge is 0.259 e. The second kappa shape index (κ2) is 7.87. The lowest BCUT2D eigenvalue weighted by Crippen LogP contribution is -2.34. The minimum absolute atomic E-state index is 0.00675. The van der Waals surface area contributed by atoms with Gasteiger partial charge in [-0.3, -0.25) is 19.1 Å². The summed E-state index contributed by atoms with van der Waals surface area (Å²) in [6, 6.07) is 9.77. The summed E-state index contributed by atoms with van der Waals surface area (Å²) in [7, 11) is 0. The average molecular weight is 471 g/mol. The molecule has 5 rings (SSSR count). The summed E-state index contributed by atoms with van der Waals surface area (Å²) < 4.78 is 1.66. The molecule has 0 spiro atoms. The first kappa shape index (κ1) is 23.5. The number of pyridine rings is 1. The lowest BCUT2D eigenvalue weighted by Gasteiger charge is -2.42. The quantitative estimate of drug-likeness (QED) is 0.525. The van der Waals surface area contributed by atoms with E-state index in [1.54, 1.807) is 17.0 Å². The third-order valence-corrected chi connectivity index (χ3v) is 7.73. The fraction of sp³-hybridized carbons (Fsp3) is 0.448. The van der Waals surface area contributed by atoms with Crippen molar-refractivity contribution in [2.45, 2.75) is 83.7 Å². The fourth-order valence-corrected chi connectivity index (χ4v) is 5.51. The van der Waals surface area contributed by atoms with Crippen LogP contribution in [-0.4, -0.2) is 25.9 Å². The zero-order chi connectivity index (χ0) is 25.2. The summed E-state index contributed by atoms with van der Waals surface area (Å²) in [5, 5.41) is 3.34. The molecule has 0 radical (unpaired) electrons. The van der Waals surface area contributed by atoms with Gasteiger partial charge < -0.3 is 5.32 Å². The van der Waals surface area contributed by atoms with Crippen molar-refractivity contribution in [1.82, 2.24) is 14.5 Å². The Morgan fingerprint density at radius 3 is 2.31 bits per heavy atom. The largest absolute Gasteiger partial charge is 0.349 e. The minimum atomic E-state index is -0.284. The summed E-state index contributed by atoms with van der Waals surface area (Å²) in [6.45, 7) is 13.6. The first-order valence-corrected chi connectivity index (χ1v) is 12.4. The van der Waals surface area contributed by atoms with E-state index in [-0.39, 0.29) is 34.1 Å². The molecule has 182 valence electrons.